The van der Waals surface area contributed by atoms with Crippen LogP contribution in [0.5, 0.6) is 11.5 Å². The first-order valence-electron chi connectivity index (χ1n) is 12.4. The number of aryl methyl sites for hydroxylation is 1. The number of nitrogens with two attached hydrogens (primary N) is 2. The zero-order chi connectivity index (χ0) is 29.0. The number of hydrogen-bond donors (Lipinski definition) is 5. The number of benzene rings is 2. The van der Waals surface area contributed by atoms with Crippen LogP contribution in [-0.4, -0.2) is 29.8 Å². The number of hydrogen-bond acceptors (Lipinski definition) is 7. The molecule has 4 rings (SSSR count). The van der Waals surface area contributed by atoms with Gasteiger partial charge in [-0.3, -0.25) is 14.2 Å². The predicted molar refractivity (Wildman–Crippen MR) is 159 cm³/mol. The number of amides is 1. The van der Waals surface area contributed by atoms with Gasteiger partial charge in [0.1, 0.15) is 22.9 Å². The molecule has 38 heavy (non-hydrogen) atoms. The van der Waals surface area contributed by atoms with E-state index in [-0.39, 0.29) is 40.0 Å². The van der Waals surface area contributed by atoms with Crippen LogP contribution in [0.2, 0.25) is 0 Å². The molecule has 2 aromatic carbocycles. The Hall–Kier alpha value is -3.50. The Kier molecular flexibility index (Phi) is 13.4. The van der Waals surface area contributed by atoms with Crippen LogP contribution in [0.4, 0.5) is 21.6 Å². The van der Waals surface area contributed by atoms with E-state index in [2.05, 4.69) is 29.0 Å². The summed E-state index contributed by atoms with van der Waals surface area (Å²) in [5, 5.41) is 5.88. The lowest BCUT2D eigenvalue weighted by atomic mass is 10.1. The topological polar surface area (TPSA) is 124 Å². The summed E-state index contributed by atoms with van der Waals surface area (Å²) in [7, 11) is 3.03. The van der Waals surface area contributed by atoms with Crippen molar-refractivity contribution in [1.82, 2.24) is 9.88 Å². The maximum Gasteiger partial charge on any atom is 0.259 e. The Morgan fingerprint density at radius 3 is 2.29 bits per heavy atom. The van der Waals surface area contributed by atoms with Crippen LogP contribution >= 0.6 is 12.6 Å². The first-order chi connectivity index (χ1) is 18.2. The molecular formula is C28H40FN5O3S. The second-order valence-electron chi connectivity index (χ2n) is 8.07. The fraction of sp³-hybridized carbons (Fsp3) is 0.357. The standard InChI is InChI=1S/C24H25FN4O3.C2H6.CH5N.CH4S/c1-13-7-10-19(18(25)11-13)28-22-20(23(30)27-16-8-9-16)21(14(2)24(31)29(22)3)32-17-6-4-5-15(26)12-17;3*1-2/h4-7,10-12,16,28H,8-9,26H2,1-3H3,(H,27,30);1-2H3;2H2,1H3;2H,1H3. The minimum Gasteiger partial charge on any atom is -0.456 e. The van der Waals surface area contributed by atoms with Gasteiger partial charge in [0.2, 0.25) is 0 Å². The average molecular weight is 546 g/mol. The summed E-state index contributed by atoms with van der Waals surface area (Å²) < 4.78 is 21.9. The third kappa shape index (κ3) is 8.26. The molecule has 0 saturated heterocycles. The zero-order valence-electron chi connectivity index (χ0n) is 23.2. The quantitative estimate of drug-likeness (QED) is 0.212. The number of ether oxygens (including phenoxy) is 1. The van der Waals surface area contributed by atoms with E-state index < -0.39 is 11.7 Å². The molecule has 1 aliphatic carbocycles. The highest BCUT2D eigenvalue weighted by molar-refractivity contribution is 7.79. The third-order valence-electron chi connectivity index (χ3n) is 5.36. The van der Waals surface area contributed by atoms with Gasteiger partial charge < -0.3 is 26.8 Å². The van der Waals surface area contributed by atoms with Crippen molar-refractivity contribution in [1.29, 1.82) is 0 Å². The van der Waals surface area contributed by atoms with E-state index in [0.717, 1.165) is 18.4 Å². The van der Waals surface area contributed by atoms with Crippen LogP contribution in [0.1, 0.15) is 48.2 Å². The lowest BCUT2D eigenvalue weighted by molar-refractivity contribution is 0.0948. The molecule has 1 aliphatic rings. The molecule has 1 amide bonds. The maximum absolute atomic E-state index is 14.6. The molecule has 0 spiro atoms. The number of carbonyl (C=O) groups excluding carboxylic acids is 1. The highest BCUT2D eigenvalue weighted by Gasteiger charge is 2.30. The zero-order valence-corrected chi connectivity index (χ0v) is 24.1. The number of halogens is 1. The summed E-state index contributed by atoms with van der Waals surface area (Å²) >= 11 is 3.53. The Balaban J connectivity index is 0.00000112. The number of carbonyl (C=O) groups is 1. The lowest BCUT2D eigenvalue weighted by Gasteiger charge is -2.21. The van der Waals surface area contributed by atoms with Crippen LogP contribution in [-0.2, 0) is 7.05 Å². The van der Waals surface area contributed by atoms with E-state index in [0.29, 0.717) is 11.4 Å². The maximum atomic E-state index is 14.6. The summed E-state index contributed by atoms with van der Waals surface area (Å²) in [6.07, 6.45) is 3.47. The van der Waals surface area contributed by atoms with E-state index >= 15 is 0 Å². The van der Waals surface area contributed by atoms with Gasteiger partial charge in [0.05, 0.1) is 11.3 Å². The molecule has 0 unspecified atom stereocenters. The molecular weight excluding hydrogens is 505 g/mol. The third-order valence-corrected chi connectivity index (χ3v) is 5.36. The van der Waals surface area contributed by atoms with Gasteiger partial charge in [0, 0.05) is 24.8 Å². The van der Waals surface area contributed by atoms with E-state index in [1.165, 1.54) is 24.7 Å². The van der Waals surface area contributed by atoms with Gasteiger partial charge in [-0.15, -0.1) is 0 Å². The molecule has 1 aromatic heterocycles. The summed E-state index contributed by atoms with van der Waals surface area (Å²) in [6.45, 7) is 7.37. The van der Waals surface area contributed by atoms with Gasteiger partial charge in [-0.25, -0.2) is 4.39 Å². The molecule has 0 aliphatic heterocycles. The lowest BCUT2D eigenvalue weighted by Crippen LogP contribution is -2.31. The van der Waals surface area contributed by atoms with Crippen molar-refractivity contribution in [3.8, 4) is 11.5 Å². The van der Waals surface area contributed by atoms with Gasteiger partial charge in [-0.05, 0) is 69.8 Å². The minimum atomic E-state index is -0.495. The molecule has 10 heteroatoms. The Labute approximate surface area is 230 Å². The van der Waals surface area contributed by atoms with Crippen molar-refractivity contribution < 1.29 is 13.9 Å². The van der Waals surface area contributed by atoms with Gasteiger partial charge in [-0.1, -0.05) is 26.0 Å². The molecule has 6 N–H and O–H groups in total. The smallest absolute Gasteiger partial charge is 0.259 e. The monoisotopic (exact) mass is 545 g/mol. The van der Waals surface area contributed by atoms with Crippen molar-refractivity contribution in [2.75, 3.05) is 24.4 Å². The number of nitrogens with zero attached hydrogens (tertiary/aromatic N) is 1. The summed E-state index contributed by atoms with van der Waals surface area (Å²) in [4.78, 5) is 26.3. The number of thiol groups is 1. The van der Waals surface area contributed by atoms with E-state index in [4.69, 9.17) is 10.5 Å². The van der Waals surface area contributed by atoms with Gasteiger partial charge in [0.25, 0.3) is 11.5 Å². The van der Waals surface area contributed by atoms with Gasteiger partial charge in [-0.2, -0.15) is 12.6 Å². The molecule has 0 atom stereocenters. The first kappa shape index (κ1) is 32.5. The van der Waals surface area contributed by atoms with Gasteiger partial charge in [0.15, 0.2) is 5.75 Å². The fourth-order valence-corrected chi connectivity index (χ4v) is 3.43. The molecule has 1 fully saturated rings. The molecule has 3 aromatic rings. The largest absolute Gasteiger partial charge is 0.456 e. The van der Waals surface area contributed by atoms with Crippen LogP contribution in [0.25, 0.3) is 0 Å². The Bertz CT molecular complexity index is 1280. The molecule has 208 valence electrons. The number of aromatic nitrogens is 1. The normalized spacial score (nSPS) is 11.4. The van der Waals surface area contributed by atoms with Crippen molar-refractivity contribution in [2.45, 2.75) is 46.6 Å². The molecule has 1 saturated carbocycles. The highest BCUT2D eigenvalue weighted by Crippen LogP contribution is 2.35. The molecule has 0 bridgehead atoms. The van der Waals surface area contributed by atoms with Crippen LogP contribution in [0.3, 0.4) is 0 Å². The molecule has 1 heterocycles. The Morgan fingerprint density at radius 2 is 1.74 bits per heavy atom. The fourth-order valence-electron chi connectivity index (χ4n) is 3.43. The number of anilines is 3. The number of nitrogen functional groups attached to an aromatic ring is 1. The number of nitrogens with one attached hydrogen (secondary N) is 2. The average Bonchev–Trinajstić information content (AvgIpc) is 3.74. The summed E-state index contributed by atoms with van der Waals surface area (Å²) in [6, 6.07) is 11.5. The SMILES string of the molecule is CC.CN.CS.Cc1ccc(Nc2c(C(=O)NC3CC3)c(Oc3cccc(N)c3)c(C)c(=O)n2C)c(F)c1. The van der Waals surface area contributed by atoms with Crippen LogP contribution in [0, 0.1) is 19.7 Å². The summed E-state index contributed by atoms with van der Waals surface area (Å²) in [5.74, 6) is -0.272. The molecule has 8 nitrogen and oxygen atoms in total. The molecule has 0 radical (unpaired) electrons. The van der Waals surface area contributed by atoms with Crippen LogP contribution in [0.15, 0.2) is 47.3 Å². The highest BCUT2D eigenvalue weighted by atomic mass is 32.1. The number of rotatable bonds is 6. The van der Waals surface area contributed by atoms with E-state index in [1.54, 1.807) is 56.5 Å². The second-order valence-corrected chi connectivity index (χ2v) is 8.07. The predicted octanol–water partition coefficient (Wildman–Crippen LogP) is 5.30. The first-order valence-corrected chi connectivity index (χ1v) is 13.3. The number of pyridine rings is 1. The van der Waals surface area contributed by atoms with Crippen molar-refractivity contribution in [2.24, 2.45) is 12.8 Å². The van der Waals surface area contributed by atoms with E-state index in [1.807, 2.05) is 13.8 Å². The van der Waals surface area contributed by atoms with Crippen molar-refractivity contribution in [3.63, 3.8) is 0 Å². The summed E-state index contributed by atoms with van der Waals surface area (Å²) in [5.41, 5.74) is 11.7. The van der Waals surface area contributed by atoms with Crippen molar-refractivity contribution >= 4 is 35.7 Å². The van der Waals surface area contributed by atoms with Crippen molar-refractivity contribution in [3.05, 3.63) is 75.3 Å². The second kappa shape index (κ2) is 15.7. The van der Waals surface area contributed by atoms with Gasteiger partial charge >= 0.3 is 0 Å². The van der Waals surface area contributed by atoms with E-state index in [9.17, 15) is 14.0 Å². The Morgan fingerprint density at radius 1 is 1.11 bits per heavy atom. The minimum absolute atomic E-state index is 0.0734. The van der Waals surface area contributed by atoms with Crippen LogP contribution < -0.4 is 32.4 Å².